The second kappa shape index (κ2) is 7.46. The van der Waals surface area contributed by atoms with Crippen molar-refractivity contribution in [2.24, 2.45) is 0 Å². The van der Waals surface area contributed by atoms with Crippen molar-refractivity contribution in [3.8, 4) is 0 Å². The molecule has 0 aliphatic carbocycles. The quantitative estimate of drug-likeness (QED) is 0.774. The number of thiophene rings is 1. The van der Waals surface area contributed by atoms with Gasteiger partial charge in [-0.15, -0.1) is 11.3 Å². The molecule has 0 aliphatic heterocycles. The highest BCUT2D eigenvalue weighted by molar-refractivity contribution is 9.11. The van der Waals surface area contributed by atoms with E-state index < -0.39 is 0 Å². The number of nitrogens with one attached hydrogen (secondary N) is 1. The van der Waals surface area contributed by atoms with Gasteiger partial charge in [0.1, 0.15) is 0 Å². The van der Waals surface area contributed by atoms with Crippen LogP contribution < -0.4 is 10.2 Å². The summed E-state index contributed by atoms with van der Waals surface area (Å²) in [6.07, 6.45) is 0. The van der Waals surface area contributed by atoms with E-state index in [0.717, 1.165) is 24.7 Å². The molecule has 5 heteroatoms. The minimum Gasteiger partial charge on any atom is -0.370 e. The topological polar surface area (TPSA) is 15.3 Å². The Bertz CT molecular complexity index is 571. The fraction of sp³-hybridized carbons (Fsp3) is 0.333. The summed E-state index contributed by atoms with van der Waals surface area (Å²) in [5.74, 6) is 0. The standard InChI is InChI=1S/C15H18BrClN2S/c1-3-18-8-12-7-13(17)4-5-14(12)19(2)9-11-6-15(16)20-10-11/h4-7,10,18H,3,8-9H2,1-2H3. The highest BCUT2D eigenvalue weighted by atomic mass is 79.9. The molecule has 0 saturated carbocycles. The van der Waals surface area contributed by atoms with Gasteiger partial charge in [0.15, 0.2) is 0 Å². The second-order valence-electron chi connectivity index (χ2n) is 4.67. The molecular weight excluding hydrogens is 356 g/mol. The second-order valence-corrected chi connectivity index (χ2v) is 7.40. The monoisotopic (exact) mass is 372 g/mol. The van der Waals surface area contributed by atoms with Crippen molar-refractivity contribution < 1.29 is 0 Å². The van der Waals surface area contributed by atoms with Crippen LogP contribution in [0.25, 0.3) is 0 Å². The number of halogens is 2. The third-order valence-corrected chi connectivity index (χ3v) is 4.85. The zero-order valence-corrected chi connectivity index (χ0v) is 14.8. The highest BCUT2D eigenvalue weighted by Gasteiger charge is 2.09. The summed E-state index contributed by atoms with van der Waals surface area (Å²) >= 11 is 11.3. The van der Waals surface area contributed by atoms with Gasteiger partial charge in [0, 0.05) is 30.8 Å². The molecule has 1 heterocycles. The summed E-state index contributed by atoms with van der Waals surface area (Å²) in [5.41, 5.74) is 3.77. The largest absolute Gasteiger partial charge is 0.370 e. The van der Waals surface area contributed by atoms with Crippen LogP contribution in [0.4, 0.5) is 5.69 Å². The maximum Gasteiger partial charge on any atom is 0.0701 e. The first-order valence-electron chi connectivity index (χ1n) is 6.53. The Balaban J connectivity index is 2.17. The van der Waals surface area contributed by atoms with Gasteiger partial charge in [-0.05, 0) is 63.2 Å². The summed E-state index contributed by atoms with van der Waals surface area (Å²) in [6.45, 7) is 4.79. The van der Waals surface area contributed by atoms with Gasteiger partial charge in [-0.25, -0.2) is 0 Å². The molecule has 1 aromatic heterocycles. The molecule has 0 radical (unpaired) electrons. The number of benzene rings is 1. The van der Waals surface area contributed by atoms with Crippen molar-refractivity contribution in [2.75, 3.05) is 18.5 Å². The Morgan fingerprint density at radius 2 is 2.15 bits per heavy atom. The lowest BCUT2D eigenvalue weighted by Crippen LogP contribution is -2.20. The molecule has 0 saturated heterocycles. The number of hydrogen-bond donors (Lipinski definition) is 1. The van der Waals surface area contributed by atoms with E-state index in [4.69, 9.17) is 11.6 Å². The Labute approximate surface area is 137 Å². The Morgan fingerprint density at radius 1 is 1.35 bits per heavy atom. The Kier molecular flexibility index (Phi) is 5.90. The first-order valence-corrected chi connectivity index (χ1v) is 8.58. The van der Waals surface area contributed by atoms with Crippen molar-refractivity contribution in [3.63, 3.8) is 0 Å². The molecule has 2 aromatic rings. The number of rotatable bonds is 6. The molecule has 1 aromatic carbocycles. The van der Waals surface area contributed by atoms with Crippen LogP contribution >= 0.6 is 38.9 Å². The van der Waals surface area contributed by atoms with E-state index >= 15 is 0 Å². The SMILES string of the molecule is CCNCc1cc(Cl)ccc1N(C)Cc1csc(Br)c1. The number of anilines is 1. The van der Waals surface area contributed by atoms with E-state index in [-0.39, 0.29) is 0 Å². The fourth-order valence-corrected chi connectivity index (χ4v) is 3.51. The maximum absolute atomic E-state index is 6.11. The van der Waals surface area contributed by atoms with E-state index in [1.165, 1.54) is 20.6 Å². The Hall–Kier alpha value is -0.550. The van der Waals surface area contributed by atoms with E-state index in [1.54, 1.807) is 11.3 Å². The van der Waals surface area contributed by atoms with Crippen LogP contribution in [-0.2, 0) is 13.1 Å². The maximum atomic E-state index is 6.11. The third-order valence-electron chi connectivity index (χ3n) is 3.06. The molecule has 1 N–H and O–H groups in total. The van der Waals surface area contributed by atoms with Gasteiger partial charge < -0.3 is 10.2 Å². The van der Waals surface area contributed by atoms with E-state index in [9.17, 15) is 0 Å². The van der Waals surface area contributed by atoms with Gasteiger partial charge in [-0.2, -0.15) is 0 Å². The first kappa shape index (κ1) is 15.8. The molecular formula is C15H18BrClN2S. The van der Waals surface area contributed by atoms with Crippen LogP contribution in [0.1, 0.15) is 18.1 Å². The zero-order valence-electron chi connectivity index (χ0n) is 11.6. The minimum absolute atomic E-state index is 0.785. The van der Waals surface area contributed by atoms with Crippen molar-refractivity contribution in [1.82, 2.24) is 5.32 Å². The van der Waals surface area contributed by atoms with Gasteiger partial charge in [-0.3, -0.25) is 0 Å². The smallest absolute Gasteiger partial charge is 0.0701 e. The molecule has 0 unspecified atom stereocenters. The van der Waals surface area contributed by atoms with E-state index in [0.29, 0.717) is 0 Å². The van der Waals surface area contributed by atoms with Gasteiger partial charge >= 0.3 is 0 Å². The predicted octanol–water partition coefficient (Wildman–Crippen LogP) is 4.91. The van der Waals surface area contributed by atoms with Gasteiger partial charge in [0.25, 0.3) is 0 Å². The highest BCUT2D eigenvalue weighted by Crippen LogP contribution is 2.27. The van der Waals surface area contributed by atoms with Crippen LogP contribution in [0.5, 0.6) is 0 Å². The molecule has 20 heavy (non-hydrogen) atoms. The zero-order chi connectivity index (χ0) is 14.5. The number of nitrogens with zero attached hydrogens (tertiary/aromatic N) is 1. The van der Waals surface area contributed by atoms with Crippen molar-refractivity contribution in [2.45, 2.75) is 20.0 Å². The summed E-state index contributed by atoms with van der Waals surface area (Å²) < 4.78 is 1.17. The van der Waals surface area contributed by atoms with Gasteiger partial charge in [0.05, 0.1) is 3.79 Å². The average molecular weight is 374 g/mol. The summed E-state index contributed by atoms with van der Waals surface area (Å²) in [5, 5.41) is 6.33. The van der Waals surface area contributed by atoms with Crippen LogP contribution in [0.2, 0.25) is 5.02 Å². The lowest BCUT2D eigenvalue weighted by Gasteiger charge is -2.22. The molecule has 0 spiro atoms. The normalized spacial score (nSPS) is 10.8. The molecule has 0 aliphatic rings. The average Bonchev–Trinajstić information content (AvgIpc) is 2.81. The Morgan fingerprint density at radius 3 is 2.80 bits per heavy atom. The molecule has 2 nitrogen and oxygen atoms in total. The lowest BCUT2D eigenvalue weighted by atomic mass is 10.1. The van der Waals surface area contributed by atoms with E-state index in [1.807, 2.05) is 12.1 Å². The fourth-order valence-electron chi connectivity index (χ4n) is 2.12. The van der Waals surface area contributed by atoms with Crippen LogP contribution in [0, 0.1) is 0 Å². The minimum atomic E-state index is 0.785. The molecule has 0 bridgehead atoms. The third kappa shape index (κ3) is 4.22. The van der Waals surface area contributed by atoms with Crippen LogP contribution in [0.3, 0.4) is 0 Å². The molecule has 0 atom stereocenters. The molecule has 0 amide bonds. The predicted molar refractivity (Wildman–Crippen MR) is 93.0 cm³/mol. The lowest BCUT2D eigenvalue weighted by molar-refractivity contribution is 0.723. The van der Waals surface area contributed by atoms with Crippen molar-refractivity contribution in [3.05, 3.63) is 49.6 Å². The van der Waals surface area contributed by atoms with Crippen LogP contribution in [0.15, 0.2) is 33.4 Å². The summed E-state index contributed by atoms with van der Waals surface area (Å²) in [7, 11) is 2.12. The van der Waals surface area contributed by atoms with Crippen molar-refractivity contribution >= 4 is 44.6 Å². The first-order chi connectivity index (χ1) is 9.60. The van der Waals surface area contributed by atoms with Gasteiger partial charge in [0.2, 0.25) is 0 Å². The van der Waals surface area contributed by atoms with Crippen molar-refractivity contribution in [1.29, 1.82) is 0 Å². The van der Waals surface area contributed by atoms with E-state index in [2.05, 4.69) is 57.6 Å². The molecule has 2 rings (SSSR count). The molecule has 108 valence electrons. The number of hydrogen-bond acceptors (Lipinski definition) is 3. The van der Waals surface area contributed by atoms with Gasteiger partial charge in [-0.1, -0.05) is 18.5 Å². The molecule has 0 fully saturated rings. The summed E-state index contributed by atoms with van der Waals surface area (Å²) in [6, 6.07) is 8.25. The summed E-state index contributed by atoms with van der Waals surface area (Å²) in [4.78, 5) is 2.26. The van der Waals surface area contributed by atoms with Crippen LogP contribution in [-0.4, -0.2) is 13.6 Å².